The quantitative estimate of drug-likeness (QED) is 0.125. The molecule has 0 aromatic heterocycles. The topological polar surface area (TPSA) is 194 Å². The van der Waals surface area contributed by atoms with Crippen molar-refractivity contribution < 1.29 is 71.5 Å². The number of hydrogen-bond acceptors (Lipinski definition) is 9. The molecule has 0 aromatic rings. The van der Waals surface area contributed by atoms with Crippen molar-refractivity contribution in [1.82, 2.24) is 20.9 Å². The van der Waals surface area contributed by atoms with E-state index in [0.29, 0.717) is 37.8 Å². The first kappa shape index (κ1) is 35.0. The van der Waals surface area contributed by atoms with Gasteiger partial charge in [-0.15, -0.1) is 0 Å². The van der Waals surface area contributed by atoms with Gasteiger partial charge in [0.25, 0.3) is 0 Å². The summed E-state index contributed by atoms with van der Waals surface area (Å²) >= 11 is 0. The number of likely N-dealkylation sites (tertiary alicyclic amines) is 1. The van der Waals surface area contributed by atoms with Gasteiger partial charge in [-0.3, -0.25) is 14.4 Å². The van der Waals surface area contributed by atoms with Crippen LogP contribution in [0.3, 0.4) is 0 Å². The normalized spacial score (nSPS) is 29.2. The second-order valence-corrected chi connectivity index (χ2v) is 14.1. The minimum Gasteiger partial charge on any atom is -0.746 e. The van der Waals surface area contributed by atoms with Crippen molar-refractivity contribution in [2.24, 2.45) is 35.5 Å². The predicted octanol–water partition coefficient (Wildman–Crippen LogP) is -2.71. The summed E-state index contributed by atoms with van der Waals surface area (Å²) < 4.78 is 40.0. The van der Waals surface area contributed by atoms with Crippen LogP contribution in [-0.2, 0) is 29.2 Å². The first-order valence-corrected chi connectivity index (χ1v) is 16.2. The number of aliphatic hydroxyl groups excluding tert-OH is 1. The van der Waals surface area contributed by atoms with Crippen LogP contribution in [0.2, 0.25) is 0 Å². The molecule has 2 saturated heterocycles. The summed E-state index contributed by atoms with van der Waals surface area (Å²) in [5.41, 5.74) is -2.47. The summed E-state index contributed by atoms with van der Waals surface area (Å²) in [5, 5.41) is 17.6. The van der Waals surface area contributed by atoms with Crippen molar-refractivity contribution in [2.45, 2.75) is 82.7 Å². The van der Waals surface area contributed by atoms with Gasteiger partial charge in [0.15, 0.2) is 5.44 Å². The van der Waals surface area contributed by atoms with Crippen molar-refractivity contribution in [2.75, 3.05) is 26.2 Å². The van der Waals surface area contributed by atoms with Crippen LogP contribution < -0.4 is 45.5 Å². The number of nitrogens with one attached hydrogen (secondary N) is 3. The third kappa shape index (κ3) is 9.04. The molecule has 42 heavy (non-hydrogen) atoms. The van der Waals surface area contributed by atoms with Gasteiger partial charge in [-0.2, -0.15) is 0 Å². The van der Waals surface area contributed by atoms with Crippen molar-refractivity contribution in [3.8, 4) is 0 Å². The number of hydrogen-bond donors (Lipinski definition) is 4. The van der Waals surface area contributed by atoms with E-state index in [2.05, 4.69) is 16.0 Å². The summed E-state index contributed by atoms with van der Waals surface area (Å²) in [6, 6.07) is -2.72. The van der Waals surface area contributed by atoms with Gasteiger partial charge in [0, 0.05) is 25.6 Å². The second-order valence-electron chi connectivity index (χ2n) is 12.6. The minimum absolute atomic E-state index is 0. The van der Waals surface area contributed by atoms with Crippen LogP contribution in [0.1, 0.15) is 65.2 Å². The number of amides is 4. The number of ether oxygens (including phenoxy) is 1. The van der Waals surface area contributed by atoms with Crippen molar-refractivity contribution in [3.05, 3.63) is 0 Å². The zero-order valence-electron chi connectivity index (χ0n) is 24.8. The molecule has 2 bridgehead atoms. The van der Waals surface area contributed by atoms with E-state index in [1.807, 2.05) is 18.7 Å². The maximum absolute atomic E-state index is 13.1. The molecule has 15 heteroatoms. The molecular weight excluding hydrogens is 579 g/mol. The van der Waals surface area contributed by atoms with E-state index >= 15 is 0 Å². The Labute approximate surface area is 269 Å². The Balaban J connectivity index is 0.00000484. The predicted molar refractivity (Wildman–Crippen MR) is 145 cm³/mol. The molecule has 0 aromatic carbocycles. The SMILES string of the molecule is CC(C)C[C@H](NC(=O)OCC1CCN(C[C@H]2C[C@H]3CC[C@@H]2C3)C1=O)C(=O)N[C@@H](C[C@@H]1CCNC1=O)C(O)S(=O)(=O)[O-].[Na+]. The molecule has 4 fully saturated rings. The largest absolute Gasteiger partial charge is 1.00 e. The fourth-order valence-corrected chi connectivity index (χ4v) is 7.57. The van der Waals surface area contributed by atoms with Crippen LogP contribution in [0, 0.1) is 35.5 Å². The standard InChI is InChI=1S/C27H44N4O9S.Na/c1-15(2)9-21(24(33)29-22(26(35)41(37,38)39)12-18-5-7-28-23(18)32)30-27(36)40-14-19-6-8-31(25(19)34)13-20-11-16-3-4-17(20)10-16;/h15-22,26,35H,3-14H2,1-2H3,(H,28,32)(H,29,33)(H,30,36)(H,37,38,39);/q;+1/p-1/t16-,17+,18-,19?,20+,21-,22-,26?;/m0./s1. The van der Waals surface area contributed by atoms with E-state index in [4.69, 9.17) is 4.74 Å². The average Bonchev–Trinajstić information content (AvgIpc) is 3.68. The molecule has 232 valence electrons. The van der Waals surface area contributed by atoms with E-state index in [0.717, 1.165) is 12.5 Å². The summed E-state index contributed by atoms with van der Waals surface area (Å²) in [6.07, 6.45) is 4.92. The zero-order valence-corrected chi connectivity index (χ0v) is 27.6. The molecule has 0 spiro atoms. The Kier molecular flexibility index (Phi) is 12.5. The third-order valence-electron chi connectivity index (χ3n) is 9.15. The Morgan fingerprint density at radius 1 is 1.12 bits per heavy atom. The second kappa shape index (κ2) is 15.0. The Hall–Kier alpha value is -1.45. The van der Waals surface area contributed by atoms with Crippen LogP contribution in [0.25, 0.3) is 0 Å². The fraction of sp³-hybridized carbons (Fsp3) is 0.852. The third-order valence-corrected chi connectivity index (χ3v) is 10.1. The molecule has 4 aliphatic rings. The van der Waals surface area contributed by atoms with E-state index in [-0.39, 0.29) is 66.7 Å². The van der Waals surface area contributed by atoms with Gasteiger partial charge < -0.3 is 35.2 Å². The van der Waals surface area contributed by atoms with Gasteiger partial charge in [0.1, 0.15) is 22.8 Å². The Bertz CT molecular complexity index is 1110. The summed E-state index contributed by atoms with van der Waals surface area (Å²) in [6.45, 7) is 5.25. The molecule has 2 aliphatic carbocycles. The zero-order chi connectivity index (χ0) is 29.9. The number of fused-ring (bicyclic) bond motifs is 2. The van der Waals surface area contributed by atoms with Crippen LogP contribution >= 0.6 is 0 Å². The van der Waals surface area contributed by atoms with E-state index in [1.54, 1.807) is 0 Å². The molecular formula is C27H43N4NaO9S. The van der Waals surface area contributed by atoms with Crippen LogP contribution in [0.5, 0.6) is 0 Å². The monoisotopic (exact) mass is 622 g/mol. The maximum Gasteiger partial charge on any atom is 1.00 e. The first-order valence-electron chi connectivity index (χ1n) is 14.7. The van der Waals surface area contributed by atoms with Gasteiger partial charge in [-0.1, -0.05) is 20.3 Å². The molecule has 2 saturated carbocycles. The van der Waals surface area contributed by atoms with Gasteiger partial charge in [0.2, 0.25) is 17.7 Å². The van der Waals surface area contributed by atoms with Gasteiger partial charge in [-0.05, 0) is 68.6 Å². The van der Waals surface area contributed by atoms with Gasteiger partial charge in [0.05, 0.1) is 12.0 Å². The number of carbonyl (C=O) groups excluding carboxylic acids is 4. The number of alkyl carbamates (subject to hydrolysis) is 1. The molecule has 4 rings (SSSR count). The number of rotatable bonds is 13. The molecule has 0 radical (unpaired) electrons. The minimum atomic E-state index is -5.21. The summed E-state index contributed by atoms with van der Waals surface area (Å²) in [4.78, 5) is 52.6. The van der Waals surface area contributed by atoms with Crippen LogP contribution in [0.15, 0.2) is 0 Å². The van der Waals surface area contributed by atoms with E-state index in [1.165, 1.54) is 25.7 Å². The molecule has 8 atom stereocenters. The molecule has 2 aliphatic heterocycles. The molecule has 13 nitrogen and oxygen atoms in total. The maximum atomic E-state index is 13.1. The van der Waals surface area contributed by atoms with E-state index in [9.17, 15) is 37.3 Å². The molecule has 4 amide bonds. The Morgan fingerprint density at radius 3 is 2.43 bits per heavy atom. The van der Waals surface area contributed by atoms with Crippen LogP contribution in [0.4, 0.5) is 4.79 Å². The smallest absolute Gasteiger partial charge is 0.746 e. The first-order chi connectivity index (χ1) is 19.3. The Morgan fingerprint density at radius 2 is 1.86 bits per heavy atom. The van der Waals surface area contributed by atoms with Crippen molar-refractivity contribution >= 4 is 33.9 Å². The van der Waals surface area contributed by atoms with Crippen LogP contribution in [-0.4, -0.2) is 90.6 Å². The summed E-state index contributed by atoms with van der Waals surface area (Å²) in [7, 11) is -5.21. The number of carbonyl (C=O) groups is 4. The van der Waals surface area contributed by atoms with Crippen molar-refractivity contribution in [3.63, 3.8) is 0 Å². The number of nitrogens with zero attached hydrogens (tertiary/aromatic N) is 1. The molecule has 4 N–H and O–H groups in total. The number of aliphatic hydroxyl groups is 1. The average molecular weight is 623 g/mol. The summed E-state index contributed by atoms with van der Waals surface area (Å²) in [5.74, 6) is -0.363. The van der Waals surface area contributed by atoms with Gasteiger partial charge in [-0.25, -0.2) is 13.2 Å². The van der Waals surface area contributed by atoms with Crippen molar-refractivity contribution in [1.29, 1.82) is 0 Å². The molecule has 2 heterocycles. The fourth-order valence-electron chi connectivity index (χ4n) is 6.99. The van der Waals surface area contributed by atoms with E-state index < -0.39 is 51.5 Å². The molecule has 2 unspecified atom stereocenters. The van der Waals surface area contributed by atoms with Gasteiger partial charge >= 0.3 is 35.7 Å².